The Labute approximate surface area is 129 Å². The van der Waals surface area contributed by atoms with Gasteiger partial charge in [-0.25, -0.2) is 4.98 Å². The van der Waals surface area contributed by atoms with Gasteiger partial charge < -0.3 is 14.4 Å². The van der Waals surface area contributed by atoms with E-state index in [-0.39, 0.29) is 18.4 Å². The number of aliphatic hydroxyl groups excluding tert-OH is 1. The topological polar surface area (TPSA) is 66.6 Å². The van der Waals surface area contributed by atoms with Gasteiger partial charge in [0.15, 0.2) is 17.8 Å². The van der Waals surface area contributed by atoms with Crippen LogP contribution >= 0.6 is 0 Å². The van der Waals surface area contributed by atoms with Crippen LogP contribution in [0.25, 0.3) is 11.3 Å². The molecule has 0 bridgehead atoms. The molecular formula is C17H20N2O3. The van der Waals surface area contributed by atoms with Crippen molar-refractivity contribution >= 4 is 5.91 Å². The van der Waals surface area contributed by atoms with Crippen LogP contribution in [0, 0.1) is 5.92 Å². The first-order valence-corrected chi connectivity index (χ1v) is 7.68. The molecule has 0 aliphatic carbocycles. The maximum absolute atomic E-state index is 12.8. The van der Waals surface area contributed by atoms with E-state index in [4.69, 9.17) is 4.42 Å². The number of amides is 1. The van der Waals surface area contributed by atoms with Gasteiger partial charge >= 0.3 is 0 Å². The molecule has 0 saturated carbocycles. The molecule has 22 heavy (non-hydrogen) atoms. The SMILES string of the molecule is O=C(c1ncoc1-c1ccccc1)N1CCCCC(CO)C1. The average Bonchev–Trinajstić information content (AvgIpc) is 2.93. The quantitative estimate of drug-likeness (QED) is 0.946. The number of likely N-dealkylation sites (tertiary alicyclic amines) is 1. The van der Waals surface area contributed by atoms with Crippen molar-refractivity contribution in [2.24, 2.45) is 5.92 Å². The maximum atomic E-state index is 12.8. The van der Waals surface area contributed by atoms with Crippen molar-refractivity contribution in [3.63, 3.8) is 0 Å². The molecule has 5 nitrogen and oxygen atoms in total. The largest absolute Gasteiger partial charge is 0.443 e. The van der Waals surface area contributed by atoms with Gasteiger partial charge in [-0.3, -0.25) is 4.79 Å². The van der Waals surface area contributed by atoms with Crippen molar-refractivity contribution in [1.82, 2.24) is 9.88 Å². The van der Waals surface area contributed by atoms with Crippen LogP contribution in [0.4, 0.5) is 0 Å². The number of hydrogen-bond donors (Lipinski definition) is 1. The maximum Gasteiger partial charge on any atom is 0.276 e. The van der Waals surface area contributed by atoms with E-state index < -0.39 is 0 Å². The van der Waals surface area contributed by atoms with Crippen molar-refractivity contribution in [1.29, 1.82) is 0 Å². The number of rotatable bonds is 3. The van der Waals surface area contributed by atoms with Crippen molar-refractivity contribution in [3.8, 4) is 11.3 Å². The predicted octanol–water partition coefficient (Wildman–Crippen LogP) is 2.58. The highest BCUT2D eigenvalue weighted by atomic mass is 16.3. The minimum absolute atomic E-state index is 0.118. The summed E-state index contributed by atoms with van der Waals surface area (Å²) >= 11 is 0. The summed E-state index contributed by atoms with van der Waals surface area (Å²) in [6, 6.07) is 9.52. The van der Waals surface area contributed by atoms with Gasteiger partial charge in [-0.15, -0.1) is 0 Å². The van der Waals surface area contributed by atoms with Crippen molar-refractivity contribution in [2.45, 2.75) is 19.3 Å². The fraction of sp³-hybridized carbons (Fsp3) is 0.412. The predicted molar refractivity (Wildman–Crippen MR) is 82.3 cm³/mol. The van der Waals surface area contributed by atoms with E-state index >= 15 is 0 Å². The van der Waals surface area contributed by atoms with Crippen LogP contribution in [0.2, 0.25) is 0 Å². The Morgan fingerprint density at radius 1 is 1.32 bits per heavy atom. The van der Waals surface area contributed by atoms with Crippen molar-refractivity contribution in [2.75, 3.05) is 19.7 Å². The minimum Gasteiger partial charge on any atom is -0.443 e. The van der Waals surface area contributed by atoms with E-state index in [0.29, 0.717) is 24.5 Å². The number of oxazole rings is 1. The highest BCUT2D eigenvalue weighted by molar-refractivity contribution is 5.97. The summed E-state index contributed by atoms with van der Waals surface area (Å²) in [5, 5.41) is 9.41. The lowest BCUT2D eigenvalue weighted by atomic mass is 10.0. The Balaban J connectivity index is 1.85. The second kappa shape index (κ2) is 6.75. The Bertz CT molecular complexity index is 624. The lowest BCUT2D eigenvalue weighted by Gasteiger charge is -2.23. The van der Waals surface area contributed by atoms with Gasteiger partial charge in [-0.1, -0.05) is 36.8 Å². The molecular weight excluding hydrogens is 280 g/mol. The van der Waals surface area contributed by atoms with Crippen LogP contribution in [-0.4, -0.2) is 40.6 Å². The van der Waals surface area contributed by atoms with Gasteiger partial charge in [0.05, 0.1) is 0 Å². The third kappa shape index (κ3) is 3.04. The van der Waals surface area contributed by atoms with Gasteiger partial charge in [0.1, 0.15) is 0 Å². The first kappa shape index (κ1) is 14.8. The summed E-state index contributed by atoms with van der Waals surface area (Å²) in [7, 11) is 0. The lowest BCUT2D eigenvalue weighted by Crippen LogP contribution is -2.36. The molecule has 1 atom stereocenters. The molecule has 5 heteroatoms. The van der Waals surface area contributed by atoms with E-state index in [1.807, 2.05) is 30.3 Å². The summed E-state index contributed by atoms with van der Waals surface area (Å²) in [5.41, 5.74) is 1.20. The molecule has 1 saturated heterocycles. The molecule has 1 fully saturated rings. The molecule has 1 aromatic carbocycles. The number of carbonyl (C=O) groups excluding carboxylic acids is 1. The van der Waals surface area contributed by atoms with Crippen LogP contribution in [0.1, 0.15) is 29.8 Å². The van der Waals surface area contributed by atoms with Crippen LogP contribution in [0.15, 0.2) is 41.1 Å². The molecule has 1 unspecified atom stereocenters. The van der Waals surface area contributed by atoms with Crippen molar-refractivity contribution < 1.29 is 14.3 Å². The molecule has 2 heterocycles. The van der Waals surface area contributed by atoms with Crippen molar-refractivity contribution in [3.05, 3.63) is 42.4 Å². The number of aliphatic hydroxyl groups is 1. The smallest absolute Gasteiger partial charge is 0.276 e. The molecule has 1 amide bonds. The number of hydrogen-bond acceptors (Lipinski definition) is 4. The normalized spacial score (nSPS) is 19.0. The molecule has 1 aromatic heterocycles. The van der Waals surface area contributed by atoms with E-state index in [0.717, 1.165) is 24.8 Å². The highest BCUT2D eigenvalue weighted by Crippen LogP contribution is 2.25. The third-order valence-corrected chi connectivity index (χ3v) is 4.12. The van der Waals surface area contributed by atoms with Gasteiger partial charge in [0.25, 0.3) is 5.91 Å². The zero-order chi connectivity index (χ0) is 15.4. The lowest BCUT2D eigenvalue weighted by molar-refractivity contribution is 0.0715. The molecule has 1 aliphatic rings. The van der Waals surface area contributed by atoms with Crippen LogP contribution in [-0.2, 0) is 0 Å². The number of aromatic nitrogens is 1. The van der Waals surface area contributed by atoms with Gasteiger partial charge in [-0.2, -0.15) is 0 Å². The number of benzene rings is 1. The average molecular weight is 300 g/mol. The molecule has 1 N–H and O–H groups in total. The second-order valence-electron chi connectivity index (χ2n) is 5.69. The Hall–Kier alpha value is -2.14. The van der Waals surface area contributed by atoms with Crippen LogP contribution in [0.5, 0.6) is 0 Å². The monoisotopic (exact) mass is 300 g/mol. The number of carbonyl (C=O) groups is 1. The van der Waals surface area contributed by atoms with Gasteiger partial charge in [-0.05, 0) is 18.8 Å². The standard InChI is InChI=1S/C17H20N2O3/c20-11-13-6-4-5-9-19(10-13)17(21)15-16(22-12-18-15)14-7-2-1-3-8-14/h1-3,7-8,12-13,20H,4-6,9-11H2. The highest BCUT2D eigenvalue weighted by Gasteiger charge is 2.27. The van der Waals surface area contributed by atoms with Crippen LogP contribution < -0.4 is 0 Å². The summed E-state index contributed by atoms with van der Waals surface area (Å²) in [4.78, 5) is 18.7. The van der Waals surface area contributed by atoms with Gasteiger partial charge in [0, 0.05) is 25.3 Å². The fourth-order valence-electron chi connectivity index (χ4n) is 2.91. The second-order valence-corrected chi connectivity index (χ2v) is 5.69. The molecule has 3 rings (SSSR count). The first-order chi connectivity index (χ1) is 10.8. The van der Waals surface area contributed by atoms with E-state index in [1.165, 1.54) is 6.39 Å². The summed E-state index contributed by atoms with van der Waals surface area (Å²) in [5.74, 6) is 0.543. The number of nitrogens with zero attached hydrogens (tertiary/aromatic N) is 2. The third-order valence-electron chi connectivity index (χ3n) is 4.12. The summed E-state index contributed by atoms with van der Waals surface area (Å²) < 4.78 is 5.44. The molecule has 2 aromatic rings. The molecule has 0 radical (unpaired) electrons. The van der Waals surface area contributed by atoms with Crippen LogP contribution in [0.3, 0.4) is 0 Å². The molecule has 1 aliphatic heterocycles. The fourth-order valence-corrected chi connectivity index (χ4v) is 2.91. The molecule has 116 valence electrons. The zero-order valence-corrected chi connectivity index (χ0v) is 12.4. The summed E-state index contributed by atoms with van der Waals surface area (Å²) in [6.07, 6.45) is 4.28. The Morgan fingerprint density at radius 2 is 2.14 bits per heavy atom. The Morgan fingerprint density at radius 3 is 2.91 bits per heavy atom. The van der Waals surface area contributed by atoms with E-state index in [1.54, 1.807) is 4.90 Å². The van der Waals surface area contributed by atoms with Gasteiger partial charge in [0.2, 0.25) is 0 Å². The summed E-state index contributed by atoms with van der Waals surface area (Å²) in [6.45, 7) is 1.40. The Kier molecular flexibility index (Phi) is 4.53. The first-order valence-electron chi connectivity index (χ1n) is 7.68. The van der Waals surface area contributed by atoms with E-state index in [9.17, 15) is 9.90 Å². The minimum atomic E-state index is -0.118. The van der Waals surface area contributed by atoms with E-state index in [2.05, 4.69) is 4.98 Å². The molecule has 0 spiro atoms. The zero-order valence-electron chi connectivity index (χ0n) is 12.4.